The lowest BCUT2D eigenvalue weighted by Crippen LogP contribution is -2.19. The molecule has 0 saturated carbocycles. The van der Waals surface area contributed by atoms with Crippen molar-refractivity contribution in [3.05, 3.63) is 81.4 Å². The molecular formula is C21H19N3OS2. The molecule has 4 aromatic rings. The van der Waals surface area contributed by atoms with Crippen molar-refractivity contribution in [2.24, 2.45) is 0 Å². The first-order valence-electron chi connectivity index (χ1n) is 8.66. The van der Waals surface area contributed by atoms with Gasteiger partial charge in [-0.15, -0.1) is 11.3 Å². The molecule has 136 valence electrons. The van der Waals surface area contributed by atoms with E-state index < -0.39 is 0 Å². The molecule has 0 bridgehead atoms. The molecule has 0 amide bonds. The van der Waals surface area contributed by atoms with E-state index in [-0.39, 0.29) is 5.56 Å². The molecule has 0 unspecified atom stereocenters. The van der Waals surface area contributed by atoms with Gasteiger partial charge in [0.05, 0.1) is 5.69 Å². The van der Waals surface area contributed by atoms with Crippen molar-refractivity contribution in [2.45, 2.75) is 30.9 Å². The van der Waals surface area contributed by atoms with Crippen LogP contribution in [0.5, 0.6) is 0 Å². The Balaban J connectivity index is 1.70. The molecule has 4 nitrogen and oxygen atoms in total. The van der Waals surface area contributed by atoms with Crippen molar-refractivity contribution in [3.63, 3.8) is 0 Å². The van der Waals surface area contributed by atoms with E-state index in [9.17, 15) is 4.79 Å². The van der Waals surface area contributed by atoms with E-state index in [4.69, 9.17) is 0 Å². The van der Waals surface area contributed by atoms with E-state index in [1.54, 1.807) is 22.7 Å². The number of hydrogen-bond acceptors (Lipinski definition) is 5. The Kier molecular flexibility index (Phi) is 4.85. The van der Waals surface area contributed by atoms with Crippen LogP contribution in [0.25, 0.3) is 16.0 Å². The fourth-order valence-corrected chi connectivity index (χ4v) is 5.21. The SMILES string of the molecule is Cc1ccccc1CSc1nc2ncn(-c3c(C)cccc3C)c(=O)c2s1. The van der Waals surface area contributed by atoms with Crippen molar-refractivity contribution < 1.29 is 0 Å². The quantitative estimate of drug-likeness (QED) is 0.455. The number of nitrogens with zero attached hydrogens (tertiary/aromatic N) is 3. The normalized spacial score (nSPS) is 11.2. The van der Waals surface area contributed by atoms with Gasteiger partial charge in [-0.25, -0.2) is 9.97 Å². The van der Waals surface area contributed by atoms with E-state index in [0.29, 0.717) is 10.3 Å². The molecule has 0 fully saturated rings. The molecule has 2 aromatic heterocycles. The van der Waals surface area contributed by atoms with Gasteiger partial charge in [0.1, 0.15) is 11.0 Å². The molecule has 0 atom stereocenters. The van der Waals surface area contributed by atoms with Gasteiger partial charge in [0, 0.05) is 5.75 Å². The molecular weight excluding hydrogens is 374 g/mol. The smallest absolute Gasteiger partial charge is 0.267 e. The van der Waals surface area contributed by atoms with Gasteiger partial charge < -0.3 is 0 Å². The predicted molar refractivity (Wildman–Crippen MR) is 113 cm³/mol. The van der Waals surface area contributed by atoms with Crippen molar-refractivity contribution >= 4 is 33.4 Å². The van der Waals surface area contributed by atoms with Gasteiger partial charge in [0.2, 0.25) is 0 Å². The van der Waals surface area contributed by atoms with Gasteiger partial charge in [0.25, 0.3) is 5.56 Å². The lowest BCUT2D eigenvalue weighted by atomic mass is 10.1. The highest BCUT2D eigenvalue weighted by atomic mass is 32.2. The summed E-state index contributed by atoms with van der Waals surface area (Å²) in [5, 5.41) is 0. The minimum absolute atomic E-state index is 0.0577. The summed E-state index contributed by atoms with van der Waals surface area (Å²) >= 11 is 3.07. The summed E-state index contributed by atoms with van der Waals surface area (Å²) in [5.41, 5.74) is 6.02. The lowest BCUT2D eigenvalue weighted by Gasteiger charge is -2.11. The van der Waals surface area contributed by atoms with Crippen molar-refractivity contribution in [1.82, 2.24) is 14.5 Å². The maximum Gasteiger partial charge on any atom is 0.277 e. The van der Waals surface area contributed by atoms with Crippen molar-refractivity contribution in [1.29, 1.82) is 0 Å². The standard InChI is InChI=1S/C21H19N3OS2/c1-13-7-4-5-10-16(13)11-26-21-23-19-18(27-21)20(25)24(12-22-19)17-14(2)8-6-9-15(17)3/h4-10,12H,11H2,1-3H3. The zero-order chi connectivity index (χ0) is 19.0. The first-order valence-corrected chi connectivity index (χ1v) is 10.5. The summed E-state index contributed by atoms with van der Waals surface area (Å²) in [6.45, 7) is 6.13. The molecule has 4 rings (SSSR count). The minimum atomic E-state index is -0.0577. The highest BCUT2D eigenvalue weighted by Gasteiger charge is 2.14. The largest absolute Gasteiger partial charge is 0.277 e. The molecule has 0 radical (unpaired) electrons. The second-order valence-electron chi connectivity index (χ2n) is 6.51. The monoisotopic (exact) mass is 393 g/mol. The van der Waals surface area contributed by atoms with Gasteiger partial charge in [-0.3, -0.25) is 9.36 Å². The van der Waals surface area contributed by atoms with Crippen LogP contribution >= 0.6 is 23.1 Å². The number of thiazole rings is 1. The Labute approximate surface area is 165 Å². The third-order valence-corrected chi connectivity index (χ3v) is 6.82. The van der Waals surface area contributed by atoms with Crippen LogP contribution in [0.2, 0.25) is 0 Å². The molecule has 0 spiro atoms. The Bertz CT molecular complexity index is 1170. The molecule has 27 heavy (non-hydrogen) atoms. The Morgan fingerprint density at radius 2 is 1.70 bits per heavy atom. The summed E-state index contributed by atoms with van der Waals surface area (Å²) in [6, 6.07) is 14.3. The number of fused-ring (bicyclic) bond motifs is 1. The van der Waals surface area contributed by atoms with E-state index in [0.717, 1.165) is 26.9 Å². The average Bonchev–Trinajstić information content (AvgIpc) is 3.07. The fraction of sp³-hybridized carbons (Fsp3) is 0.190. The second kappa shape index (κ2) is 7.29. The van der Waals surface area contributed by atoms with Gasteiger partial charge in [-0.05, 0) is 43.0 Å². The molecule has 0 aliphatic carbocycles. The van der Waals surface area contributed by atoms with E-state index in [1.807, 2.05) is 44.2 Å². The second-order valence-corrected chi connectivity index (χ2v) is 8.73. The molecule has 6 heteroatoms. The molecule has 2 aromatic carbocycles. The average molecular weight is 394 g/mol. The molecule has 0 aliphatic heterocycles. The third kappa shape index (κ3) is 3.42. The predicted octanol–water partition coefficient (Wildman–Crippen LogP) is 5.06. The van der Waals surface area contributed by atoms with E-state index in [2.05, 4.69) is 29.0 Å². The first kappa shape index (κ1) is 17.9. The number of rotatable bonds is 4. The maximum atomic E-state index is 13.1. The minimum Gasteiger partial charge on any atom is -0.267 e. The summed E-state index contributed by atoms with van der Waals surface area (Å²) in [5.74, 6) is 0.831. The Hall–Kier alpha value is -2.44. The van der Waals surface area contributed by atoms with Gasteiger partial charge in [0.15, 0.2) is 9.99 Å². The van der Waals surface area contributed by atoms with Gasteiger partial charge in [-0.1, -0.05) is 54.2 Å². The van der Waals surface area contributed by atoms with E-state index >= 15 is 0 Å². The molecule has 0 aliphatic rings. The van der Waals surface area contributed by atoms with Crippen LogP contribution in [0.15, 0.2) is 57.9 Å². The van der Waals surface area contributed by atoms with Crippen LogP contribution in [0.4, 0.5) is 0 Å². The number of aromatic nitrogens is 3. The van der Waals surface area contributed by atoms with Crippen molar-refractivity contribution in [2.75, 3.05) is 0 Å². The van der Waals surface area contributed by atoms with Crippen molar-refractivity contribution in [3.8, 4) is 5.69 Å². The van der Waals surface area contributed by atoms with Crippen LogP contribution in [0.1, 0.15) is 22.3 Å². The summed E-state index contributed by atoms with van der Waals surface area (Å²) in [7, 11) is 0. The first-order chi connectivity index (χ1) is 13.0. The van der Waals surface area contributed by atoms with Crippen LogP contribution in [-0.4, -0.2) is 14.5 Å². The zero-order valence-corrected chi connectivity index (χ0v) is 17.0. The maximum absolute atomic E-state index is 13.1. The highest BCUT2D eigenvalue weighted by molar-refractivity contribution is 8.00. The van der Waals surface area contributed by atoms with Crippen LogP contribution in [0.3, 0.4) is 0 Å². The molecule has 0 saturated heterocycles. The number of para-hydroxylation sites is 1. The summed E-state index contributed by atoms with van der Waals surface area (Å²) in [4.78, 5) is 22.1. The van der Waals surface area contributed by atoms with Crippen LogP contribution in [0, 0.1) is 20.8 Å². The molecule has 2 heterocycles. The number of aryl methyl sites for hydroxylation is 3. The lowest BCUT2D eigenvalue weighted by molar-refractivity contribution is 0.940. The van der Waals surface area contributed by atoms with Gasteiger partial charge >= 0.3 is 0 Å². The number of benzene rings is 2. The van der Waals surface area contributed by atoms with E-state index in [1.165, 1.54) is 22.5 Å². The fourth-order valence-electron chi connectivity index (χ4n) is 3.11. The van der Waals surface area contributed by atoms with Crippen LogP contribution < -0.4 is 5.56 Å². The van der Waals surface area contributed by atoms with Crippen LogP contribution in [-0.2, 0) is 5.75 Å². The topological polar surface area (TPSA) is 47.8 Å². The number of hydrogen-bond donors (Lipinski definition) is 0. The Morgan fingerprint density at radius 1 is 1.00 bits per heavy atom. The van der Waals surface area contributed by atoms with Gasteiger partial charge in [-0.2, -0.15) is 0 Å². The molecule has 0 N–H and O–H groups in total. The Morgan fingerprint density at radius 3 is 2.44 bits per heavy atom. The third-order valence-electron chi connectivity index (χ3n) is 4.59. The number of thioether (sulfide) groups is 1. The summed E-state index contributed by atoms with van der Waals surface area (Å²) < 4.78 is 3.12. The summed E-state index contributed by atoms with van der Waals surface area (Å²) in [6.07, 6.45) is 1.59. The zero-order valence-electron chi connectivity index (χ0n) is 15.4. The highest BCUT2D eigenvalue weighted by Crippen LogP contribution is 2.30.